The van der Waals surface area contributed by atoms with Crippen LogP contribution < -0.4 is 5.32 Å². The molecule has 0 aliphatic heterocycles. The van der Waals surface area contributed by atoms with Crippen molar-refractivity contribution in [3.8, 4) is 10.6 Å². The number of H-pyrrole nitrogens is 1. The highest BCUT2D eigenvalue weighted by Gasteiger charge is 2.09. The average Bonchev–Trinajstić information content (AvgIpc) is 2.84. The molecule has 0 saturated heterocycles. The van der Waals surface area contributed by atoms with Crippen molar-refractivity contribution in [2.75, 3.05) is 5.32 Å². The van der Waals surface area contributed by atoms with E-state index in [-0.39, 0.29) is 5.91 Å². The van der Waals surface area contributed by atoms with E-state index >= 15 is 0 Å². The second-order valence-electron chi connectivity index (χ2n) is 4.29. The molecule has 0 fully saturated rings. The molecule has 0 bridgehead atoms. The first-order chi connectivity index (χ1) is 8.15. The van der Waals surface area contributed by atoms with Crippen molar-refractivity contribution in [3.63, 3.8) is 0 Å². The van der Waals surface area contributed by atoms with Crippen molar-refractivity contribution in [1.29, 1.82) is 0 Å². The summed E-state index contributed by atoms with van der Waals surface area (Å²) in [4.78, 5) is 12.7. The zero-order valence-electron chi connectivity index (χ0n) is 9.86. The molecule has 0 aromatic carbocycles. The number of thiophene rings is 1. The Morgan fingerprint density at radius 1 is 1.59 bits per heavy atom. The second kappa shape index (κ2) is 5.14. The number of carbonyl (C=O) groups is 1. The molecule has 1 amide bonds. The third kappa shape index (κ3) is 3.17. The van der Waals surface area contributed by atoms with Gasteiger partial charge in [0.15, 0.2) is 5.82 Å². The van der Waals surface area contributed by atoms with Crippen LogP contribution in [0.4, 0.5) is 5.82 Å². The standard InChI is InChI=1S/C12H15N3OS/c1-8(2)6-12(16)13-11-7-9(14-15-11)10-4-3-5-17-10/h3-5,7-8H,6H2,1-2H3,(H2,13,14,15,16). The molecule has 0 unspecified atom stereocenters. The van der Waals surface area contributed by atoms with Gasteiger partial charge in [0.2, 0.25) is 5.91 Å². The molecule has 0 saturated carbocycles. The van der Waals surface area contributed by atoms with Crippen molar-refractivity contribution in [2.24, 2.45) is 5.92 Å². The topological polar surface area (TPSA) is 57.8 Å². The van der Waals surface area contributed by atoms with E-state index < -0.39 is 0 Å². The highest BCUT2D eigenvalue weighted by molar-refractivity contribution is 7.13. The quantitative estimate of drug-likeness (QED) is 0.874. The Morgan fingerprint density at radius 3 is 3.06 bits per heavy atom. The van der Waals surface area contributed by atoms with Crippen LogP contribution in [0.3, 0.4) is 0 Å². The Hall–Kier alpha value is -1.62. The zero-order chi connectivity index (χ0) is 12.3. The van der Waals surface area contributed by atoms with Gasteiger partial charge < -0.3 is 5.32 Å². The lowest BCUT2D eigenvalue weighted by molar-refractivity contribution is -0.116. The molecule has 0 aliphatic rings. The average molecular weight is 249 g/mol. The van der Waals surface area contributed by atoms with Crippen LogP contribution in [-0.4, -0.2) is 16.1 Å². The van der Waals surface area contributed by atoms with Gasteiger partial charge in [-0.3, -0.25) is 9.89 Å². The lowest BCUT2D eigenvalue weighted by atomic mass is 10.1. The maximum atomic E-state index is 11.6. The normalized spacial score (nSPS) is 10.8. The van der Waals surface area contributed by atoms with Gasteiger partial charge in [0.05, 0.1) is 10.6 Å². The molecule has 0 radical (unpaired) electrons. The van der Waals surface area contributed by atoms with Crippen LogP contribution in [0.5, 0.6) is 0 Å². The van der Waals surface area contributed by atoms with E-state index in [1.54, 1.807) is 11.3 Å². The maximum Gasteiger partial charge on any atom is 0.225 e. The van der Waals surface area contributed by atoms with Gasteiger partial charge in [-0.2, -0.15) is 5.10 Å². The van der Waals surface area contributed by atoms with Gasteiger partial charge in [0.1, 0.15) is 0 Å². The van der Waals surface area contributed by atoms with Gasteiger partial charge in [-0.1, -0.05) is 19.9 Å². The lowest BCUT2D eigenvalue weighted by Crippen LogP contribution is -2.13. The van der Waals surface area contributed by atoms with Crippen LogP contribution in [0, 0.1) is 5.92 Å². The molecular weight excluding hydrogens is 234 g/mol. The first-order valence-corrected chi connectivity index (χ1v) is 6.42. The van der Waals surface area contributed by atoms with Gasteiger partial charge in [-0.25, -0.2) is 0 Å². The molecule has 0 aliphatic carbocycles. The van der Waals surface area contributed by atoms with Crippen molar-refractivity contribution in [3.05, 3.63) is 23.6 Å². The molecule has 2 aromatic heterocycles. The molecule has 2 N–H and O–H groups in total. The summed E-state index contributed by atoms with van der Waals surface area (Å²) in [7, 11) is 0. The summed E-state index contributed by atoms with van der Waals surface area (Å²) in [5, 5.41) is 11.8. The number of carbonyl (C=O) groups excluding carboxylic acids is 1. The van der Waals surface area contributed by atoms with Crippen molar-refractivity contribution >= 4 is 23.1 Å². The molecule has 5 heteroatoms. The number of hydrogen-bond donors (Lipinski definition) is 2. The largest absolute Gasteiger partial charge is 0.309 e. The first-order valence-electron chi connectivity index (χ1n) is 5.54. The predicted octanol–water partition coefficient (Wildman–Crippen LogP) is 3.12. The van der Waals surface area contributed by atoms with Crippen LogP contribution in [0.1, 0.15) is 20.3 Å². The fraction of sp³-hybridized carbons (Fsp3) is 0.333. The summed E-state index contributed by atoms with van der Waals surface area (Å²) in [6.07, 6.45) is 0.515. The summed E-state index contributed by atoms with van der Waals surface area (Å²) in [5.74, 6) is 0.939. The van der Waals surface area contributed by atoms with E-state index in [4.69, 9.17) is 0 Å². The Bertz CT molecular complexity index is 488. The van der Waals surface area contributed by atoms with Crippen molar-refractivity contribution in [2.45, 2.75) is 20.3 Å². The van der Waals surface area contributed by atoms with E-state index in [1.165, 1.54) is 0 Å². The maximum absolute atomic E-state index is 11.6. The fourth-order valence-corrected chi connectivity index (χ4v) is 2.20. The number of aromatic amines is 1. The number of anilines is 1. The SMILES string of the molecule is CC(C)CC(=O)Nc1cc(-c2cccs2)[nH]n1. The smallest absolute Gasteiger partial charge is 0.225 e. The summed E-state index contributed by atoms with van der Waals surface area (Å²) < 4.78 is 0. The Morgan fingerprint density at radius 2 is 2.41 bits per heavy atom. The minimum atomic E-state index is 0.00392. The number of nitrogens with one attached hydrogen (secondary N) is 2. The molecular formula is C12H15N3OS. The molecule has 2 heterocycles. The van der Waals surface area contributed by atoms with E-state index in [0.29, 0.717) is 18.2 Å². The van der Waals surface area contributed by atoms with E-state index in [1.807, 2.05) is 37.4 Å². The van der Waals surface area contributed by atoms with E-state index in [9.17, 15) is 4.79 Å². The summed E-state index contributed by atoms with van der Waals surface area (Å²) in [5.41, 5.74) is 0.930. The van der Waals surface area contributed by atoms with Crippen LogP contribution in [0.2, 0.25) is 0 Å². The van der Waals surface area contributed by atoms with Gasteiger partial charge in [0, 0.05) is 12.5 Å². The number of hydrogen-bond acceptors (Lipinski definition) is 3. The fourth-order valence-electron chi connectivity index (χ4n) is 1.51. The minimum Gasteiger partial charge on any atom is -0.309 e. The molecule has 90 valence electrons. The predicted molar refractivity (Wildman–Crippen MR) is 70.0 cm³/mol. The summed E-state index contributed by atoms with van der Waals surface area (Å²) >= 11 is 1.63. The number of nitrogens with zero attached hydrogens (tertiary/aromatic N) is 1. The highest BCUT2D eigenvalue weighted by Crippen LogP contribution is 2.24. The Labute approximate surface area is 104 Å². The molecule has 2 aromatic rings. The van der Waals surface area contributed by atoms with Crippen LogP contribution in [0.25, 0.3) is 10.6 Å². The molecule has 2 rings (SSSR count). The van der Waals surface area contributed by atoms with Crippen molar-refractivity contribution in [1.82, 2.24) is 10.2 Å². The summed E-state index contributed by atoms with van der Waals surface area (Å²) in [6, 6.07) is 5.85. The van der Waals surface area contributed by atoms with Crippen LogP contribution >= 0.6 is 11.3 Å². The van der Waals surface area contributed by atoms with Gasteiger partial charge in [-0.05, 0) is 17.4 Å². The molecule has 17 heavy (non-hydrogen) atoms. The number of rotatable bonds is 4. The minimum absolute atomic E-state index is 0.00392. The van der Waals surface area contributed by atoms with Crippen molar-refractivity contribution < 1.29 is 4.79 Å². The third-order valence-electron chi connectivity index (χ3n) is 2.23. The summed E-state index contributed by atoms with van der Waals surface area (Å²) in [6.45, 7) is 4.03. The zero-order valence-corrected chi connectivity index (χ0v) is 10.7. The number of amides is 1. The second-order valence-corrected chi connectivity index (χ2v) is 5.24. The third-order valence-corrected chi connectivity index (χ3v) is 3.13. The van der Waals surface area contributed by atoms with Crippen LogP contribution in [0.15, 0.2) is 23.6 Å². The van der Waals surface area contributed by atoms with E-state index in [0.717, 1.165) is 10.6 Å². The monoisotopic (exact) mass is 249 g/mol. The molecule has 4 nitrogen and oxygen atoms in total. The highest BCUT2D eigenvalue weighted by atomic mass is 32.1. The molecule has 0 atom stereocenters. The van der Waals surface area contributed by atoms with Gasteiger partial charge >= 0.3 is 0 Å². The van der Waals surface area contributed by atoms with Gasteiger partial charge in [-0.15, -0.1) is 11.3 Å². The Balaban J connectivity index is 2.02. The lowest BCUT2D eigenvalue weighted by Gasteiger charge is -2.03. The van der Waals surface area contributed by atoms with E-state index in [2.05, 4.69) is 15.5 Å². The molecule has 0 spiro atoms. The Kier molecular flexibility index (Phi) is 3.58. The first kappa shape index (κ1) is 11.9. The number of aromatic nitrogens is 2. The van der Waals surface area contributed by atoms with Gasteiger partial charge in [0.25, 0.3) is 0 Å². The van der Waals surface area contributed by atoms with Crippen LogP contribution in [-0.2, 0) is 4.79 Å².